The molecule has 1 aliphatic rings. The first-order valence-electron chi connectivity index (χ1n) is 6.32. The predicted octanol–water partition coefficient (Wildman–Crippen LogP) is 3.11. The largest absolute Gasteiger partial charge is 0.401 e. The van der Waals surface area contributed by atoms with Gasteiger partial charge in [-0.05, 0) is 30.1 Å². The minimum Gasteiger partial charge on any atom is -0.394 e. The quantitative estimate of drug-likeness (QED) is 0.823. The summed E-state index contributed by atoms with van der Waals surface area (Å²) in [5.74, 6) is 0. The summed E-state index contributed by atoms with van der Waals surface area (Å²) in [6.45, 7) is 6.90. The fourth-order valence-corrected chi connectivity index (χ4v) is 3.90. The van der Waals surface area contributed by atoms with Crippen LogP contribution in [0, 0.1) is 10.8 Å². The van der Waals surface area contributed by atoms with Gasteiger partial charge in [-0.1, -0.05) is 27.7 Å². The van der Waals surface area contributed by atoms with Crippen molar-refractivity contribution >= 4 is 0 Å². The number of alkyl halides is 3. The van der Waals surface area contributed by atoms with Crippen molar-refractivity contribution in [1.82, 2.24) is 5.32 Å². The smallest absolute Gasteiger partial charge is 0.394 e. The molecule has 0 atom stereocenters. The SMILES string of the molecule is CC1(C)CC(C)(C)CC(CO)(NCC(F)(F)F)C1. The summed E-state index contributed by atoms with van der Waals surface area (Å²) in [5.41, 5.74) is -0.951. The van der Waals surface area contributed by atoms with Crippen LogP contribution in [0.4, 0.5) is 13.2 Å². The average Bonchev–Trinajstić information content (AvgIpc) is 2.09. The Morgan fingerprint density at radius 3 is 1.78 bits per heavy atom. The molecule has 0 aromatic heterocycles. The number of hydrogen-bond donors (Lipinski definition) is 2. The van der Waals surface area contributed by atoms with E-state index >= 15 is 0 Å². The van der Waals surface area contributed by atoms with E-state index in [-0.39, 0.29) is 17.4 Å². The molecule has 0 unspecified atom stereocenters. The molecule has 2 nitrogen and oxygen atoms in total. The molecule has 0 saturated heterocycles. The van der Waals surface area contributed by atoms with Crippen molar-refractivity contribution in [3.05, 3.63) is 0 Å². The van der Waals surface area contributed by atoms with Crippen molar-refractivity contribution in [2.75, 3.05) is 13.2 Å². The molecule has 5 heteroatoms. The number of nitrogens with one attached hydrogen (secondary N) is 1. The van der Waals surface area contributed by atoms with Crippen LogP contribution in [0.25, 0.3) is 0 Å². The van der Waals surface area contributed by atoms with E-state index in [0.29, 0.717) is 12.8 Å². The van der Waals surface area contributed by atoms with E-state index in [4.69, 9.17) is 0 Å². The van der Waals surface area contributed by atoms with Crippen molar-refractivity contribution in [2.24, 2.45) is 10.8 Å². The van der Waals surface area contributed by atoms with Crippen LogP contribution in [0.1, 0.15) is 47.0 Å². The van der Waals surface area contributed by atoms with E-state index in [9.17, 15) is 18.3 Å². The van der Waals surface area contributed by atoms with Gasteiger partial charge < -0.3 is 10.4 Å². The molecule has 0 aromatic carbocycles. The Labute approximate surface area is 107 Å². The monoisotopic (exact) mass is 267 g/mol. The van der Waals surface area contributed by atoms with Crippen LogP contribution in [0.15, 0.2) is 0 Å². The molecule has 0 radical (unpaired) electrons. The molecule has 2 N–H and O–H groups in total. The van der Waals surface area contributed by atoms with Gasteiger partial charge in [-0.2, -0.15) is 13.2 Å². The maximum Gasteiger partial charge on any atom is 0.401 e. The van der Waals surface area contributed by atoms with Crippen LogP contribution in [0.5, 0.6) is 0 Å². The normalized spacial score (nSPS) is 26.0. The van der Waals surface area contributed by atoms with Gasteiger partial charge in [-0.25, -0.2) is 0 Å². The Morgan fingerprint density at radius 1 is 1.00 bits per heavy atom. The van der Waals surface area contributed by atoms with E-state index in [0.717, 1.165) is 6.42 Å². The lowest BCUT2D eigenvalue weighted by molar-refractivity contribution is -0.135. The van der Waals surface area contributed by atoms with Gasteiger partial charge in [0.2, 0.25) is 0 Å². The van der Waals surface area contributed by atoms with Crippen LogP contribution < -0.4 is 5.32 Å². The number of rotatable bonds is 3. The van der Waals surface area contributed by atoms with Gasteiger partial charge in [0.15, 0.2) is 0 Å². The van der Waals surface area contributed by atoms with E-state index in [2.05, 4.69) is 5.32 Å². The molecule has 0 spiro atoms. The highest BCUT2D eigenvalue weighted by Gasteiger charge is 2.48. The second-order valence-electron chi connectivity index (χ2n) is 7.27. The Hall–Kier alpha value is -0.290. The van der Waals surface area contributed by atoms with Crippen molar-refractivity contribution in [2.45, 2.75) is 58.7 Å². The molecule has 1 saturated carbocycles. The zero-order valence-corrected chi connectivity index (χ0v) is 11.6. The first-order valence-corrected chi connectivity index (χ1v) is 6.32. The molecule has 0 heterocycles. The van der Waals surface area contributed by atoms with Crippen LogP contribution in [-0.2, 0) is 0 Å². The van der Waals surface area contributed by atoms with Crippen LogP contribution in [-0.4, -0.2) is 30.0 Å². The van der Waals surface area contributed by atoms with Crippen molar-refractivity contribution in [3.63, 3.8) is 0 Å². The summed E-state index contributed by atoms with van der Waals surface area (Å²) in [7, 11) is 0. The molecule has 0 aromatic rings. The zero-order chi connectivity index (χ0) is 14.2. The van der Waals surface area contributed by atoms with Crippen LogP contribution in [0.2, 0.25) is 0 Å². The van der Waals surface area contributed by atoms with Gasteiger partial charge in [-0.15, -0.1) is 0 Å². The highest BCUT2D eigenvalue weighted by atomic mass is 19.4. The molecule has 0 bridgehead atoms. The summed E-state index contributed by atoms with van der Waals surface area (Å²) in [6.07, 6.45) is -2.16. The average molecular weight is 267 g/mol. The summed E-state index contributed by atoms with van der Waals surface area (Å²) >= 11 is 0. The molecule has 18 heavy (non-hydrogen) atoms. The Morgan fingerprint density at radius 2 is 1.44 bits per heavy atom. The highest BCUT2D eigenvalue weighted by Crippen LogP contribution is 2.50. The molecule has 1 rings (SSSR count). The summed E-state index contributed by atoms with van der Waals surface area (Å²) in [5, 5.41) is 12.1. The highest BCUT2D eigenvalue weighted by molar-refractivity contribution is 5.02. The second kappa shape index (κ2) is 4.67. The van der Waals surface area contributed by atoms with Gasteiger partial charge in [0.1, 0.15) is 0 Å². The molecule has 0 aliphatic heterocycles. The van der Waals surface area contributed by atoms with E-state index in [1.54, 1.807) is 0 Å². The Bertz CT molecular complexity index is 281. The van der Waals surface area contributed by atoms with Gasteiger partial charge in [0.25, 0.3) is 0 Å². The first kappa shape index (κ1) is 15.8. The van der Waals surface area contributed by atoms with Crippen molar-refractivity contribution < 1.29 is 18.3 Å². The lowest BCUT2D eigenvalue weighted by atomic mass is 9.58. The third kappa shape index (κ3) is 4.43. The number of halogens is 3. The molecule has 1 aliphatic carbocycles. The van der Waals surface area contributed by atoms with Crippen molar-refractivity contribution in [3.8, 4) is 0 Å². The van der Waals surface area contributed by atoms with Gasteiger partial charge in [0, 0.05) is 5.54 Å². The third-order valence-electron chi connectivity index (χ3n) is 3.56. The molecular formula is C13H24F3NO. The topological polar surface area (TPSA) is 32.3 Å². The van der Waals surface area contributed by atoms with Crippen LogP contribution >= 0.6 is 0 Å². The van der Waals surface area contributed by atoms with Gasteiger partial charge in [-0.3, -0.25) is 0 Å². The summed E-state index contributed by atoms with van der Waals surface area (Å²) < 4.78 is 37.1. The van der Waals surface area contributed by atoms with E-state index < -0.39 is 18.3 Å². The molecule has 1 fully saturated rings. The fourth-order valence-electron chi connectivity index (χ4n) is 3.90. The number of aliphatic hydroxyl groups is 1. The Kier molecular flexibility index (Phi) is 4.09. The number of hydrogen-bond acceptors (Lipinski definition) is 2. The molecule has 0 amide bonds. The maximum absolute atomic E-state index is 12.4. The first-order chi connectivity index (χ1) is 7.89. The number of aliphatic hydroxyl groups excluding tert-OH is 1. The lowest BCUT2D eigenvalue weighted by Crippen LogP contribution is -2.59. The maximum atomic E-state index is 12.4. The van der Waals surface area contributed by atoms with Gasteiger partial charge >= 0.3 is 6.18 Å². The van der Waals surface area contributed by atoms with Crippen molar-refractivity contribution in [1.29, 1.82) is 0 Å². The minimum absolute atomic E-state index is 0.0664. The van der Waals surface area contributed by atoms with Crippen LogP contribution in [0.3, 0.4) is 0 Å². The summed E-state index contributed by atoms with van der Waals surface area (Å²) in [6, 6.07) is 0. The van der Waals surface area contributed by atoms with Gasteiger partial charge in [0.05, 0.1) is 13.2 Å². The Balaban J connectivity index is 2.85. The fraction of sp³-hybridized carbons (Fsp3) is 1.00. The van der Waals surface area contributed by atoms with E-state index in [1.165, 1.54) is 0 Å². The third-order valence-corrected chi connectivity index (χ3v) is 3.56. The summed E-state index contributed by atoms with van der Waals surface area (Å²) in [4.78, 5) is 0. The molecule has 108 valence electrons. The zero-order valence-electron chi connectivity index (χ0n) is 11.6. The minimum atomic E-state index is -4.24. The standard InChI is InChI=1S/C13H24F3NO/c1-10(2)5-11(3,4)7-12(6-10,9-18)17-8-13(14,15)16/h17-18H,5-9H2,1-4H3. The lowest BCUT2D eigenvalue weighted by Gasteiger charge is -2.52. The second-order valence-corrected chi connectivity index (χ2v) is 7.27. The van der Waals surface area contributed by atoms with E-state index in [1.807, 2.05) is 27.7 Å². The molecular weight excluding hydrogens is 243 g/mol. The predicted molar refractivity (Wildman–Crippen MR) is 65.3 cm³/mol.